The summed E-state index contributed by atoms with van der Waals surface area (Å²) in [6, 6.07) is 5.34. The number of hydrogen-bond acceptors (Lipinski definition) is 5. The van der Waals surface area contributed by atoms with E-state index in [9.17, 15) is 18.5 Å². The number of hydrogen-bond donors (Lipinski definition) is 1. The fourth-order valence-corrected chi connectivity index (χ4v) is 2.97. The SMILES string of the molecule is Cc1ccncc1NS(=O)(=O)c1ccc([N+](=O)[O-])c(C)c1. The number of nitro benzene ring substituents is 1. The highest BCUT2D eigenvalue weighted by Crippen LogP contribution is 2.23. The van der Waals surface area contributed by atoms with Gasteiger partial charge in [-0.1, -0.05) is 0 Å². The minimum absolute atomic E-state index is 0.0335. The van der Waals surface area contributed by atoms with E-state index in [2.05, 4.69) is 9.71 Å². The average molecular weight is 307 g/mol. The van der Waals surface area contributed by atoms with Crippen LogP contribution < -0.4 is 4.72 Å². The average Bonchev–Trinajstić information content (AvgIpc) is 2.40. The second kappa shape index (κ2) is 5.49. The summed E-state index contributed by atoms with van der Waals surface area (Å²) < 4.78 is 27.0. The van der Waals surface area contributed by atoms with Gasteiger partial charge in [0.1, 0.15) is 0 Å². The molecule has 110 valence electrons. The van der Waals surface area contributed by atoms with Gasteiger partial charge in [0, 0.05) is 17.8 Å². The zero-order valence-electron chi connectivity index (χ0n) is 11.4. The Morgan fingerprint density at radius 3 is 2.48 bits per heavy atom. The first-order chi connectivity index (χ1) is 9.81. The van der Waals surface area contributed by atoms with E-state index in [4.69, 9.17) is 0 Å². The van der Waals surface area contributed by atoms with Crippen LogP contribution in [0.5, 0.6) is 0 Å². The van der Waals surface area contributed by atoms with E-state index in [1.165, 1.54) is 31.3 Å². The Kier molecular flexibility index (Phi) is 3.90. The topological polar surface area (TPSA) is 102 Å². The highest BCUT2D eigenvalue weighted by atomic mass is 32.2. The number of rotatable bonds is 4. The van der Waals surface area contributed by atoms with Gasteiger partial charge in [0.05, 0.1) is 21.7 Å². The van der Waals surface area contributed by atoms with Gasteiger partial charge in [0.15, 0.2) is 0 Å². The first-order valence-corrected chi connectivity index (χ1v) is 7.48. The van der Waals surface area contributed by atoms with E-state index in [0.29, 0.717) is 5.69 Å². The van der Waals surface area contributed by atoms with Crippen molar-refractivity contribution in [1.82, 2.24) is 4.98 Å². The minimum atomic E-state index is -3.81. The molecule has 0 atom stereocenters. The Morgan fingerprint density at radius 1 is 1.19 bits per heavy atom. The Labute approximate surface area is 121 Å². The van der Waals surface area contributed by atoms with E-state index in [0.717, 1.165) is 5.56 Å². The fraction of sp³-hybridized carbons (Fsp3) is 0.154. The Morgan fingerprint density at radius 2 is 1.90 bits per heavy atom. The van der Waals surface area contributed by atoms with Crippen LogP contribution in [0.1, 0.15) is 11.1 Å². The van der Waals surface area contributed by atoms with Crippen LogP contribution in [-0.4, -0.2) is 18.3 Å². The van der Waals surface area contributed by atoms with Gasteiger partial charge in [-0.15, -0.1) is 0 Å². The van der Waals surface area contributed by atoms with Crippen molar-refractivity contribution in [2.24, 2.45) is 0 Å². The summed E-state index contributed by atoms with van der Waals surface area (Å²) in [4.78, 5) is 14.0. The van der Waals surface area contributed by atoms with Crippen LogP contribution in [0.4, 0.5) is 11.4 Å². The zero-order valence-corrected chi connectivity index (χ0v) is 12.2. The van der Waals surface area contributed by atoms with Gasteiger partial charge >= 0.3 is 0 Å². The predicted molar refractivity (Wildman–Crippen MR) is 77.6 cm³/mol. The highest BCUT2D eigenvalue weighted by Gasteiger charge is 2.19. The predicted octanol–water partition coefficient (Wildman–Crippen LogP) is 2.41. The number of aromatic nitrogens is 1. The lowest BCUT2D eigenvalue weighted by Gasteiger charge is -2.10. The van der Waals surface area contributed by atoms with Crippen molar-refractivity contribution in [3.05, 3.63) is 57.9 Å². The van der Waals surface area contributed by atoms with E-state index in [1.54, 1.807) is 19.2 Å². The molecule has 0 aliphatic carbocycles. The van der Waals surface area contributed by atoms with E-state index < -0.39 is 14.9 Å². The standard InChI is InChI=1S/C13H13N3O4S/c1-9-5-6-14-8-12(9)15-21(19,20)11-3-4-13(16(17)18)10(2)7-11/h3-8,15H,1-2H3. The molecule has 0 saturated carbocycles. The van der Waals surface area contributed by atoms with Gasteiger partial charge in [-0.3, -0.25) is 19.8 Å². The summed E-state index contributed by atoms with van der Waals surface area (Å²) in [6.07, 6.45) is 2.97. The fourth-order valence-electron chi connectivity index (χ4n) is 1.77. The Balaban J connectivity index is 2.39. The number of anilines is 1. The zero-order chi connectivity index (χ0) is 15.6. The molecule has 2 aromatic rings. The molecule has 0 saturated heterocycles. The summed E-state index contributed by atoms with van der Waals surface area (Å²) in [5.74, 6) is 0. The molecule has 1 aromatic heterocycles. The number of nitrogens with one attached hydrogen (secondary N) is 1. The summed E-state index contributed by atoms with van der Waals surface area (Å²) in [7, 11) is -3.81. The molecule has 0 radical (unpaired) electrons. The second-order valence-electron chi connectivity index (χ2n) is 4.50. The van der Waals surface area contributed by atoms with Crippen molar-refractivity contribution in [3.8, 4) is 0 Å². The number of sulfonamides is 1. The maximum absolute atomic E-state index is 12.3. The molecule has 0 unspecified atom stereocenters. The molecule has 0 spiro atoms. The third kappa shape index (κ3) is 3.16. The van der Waals surface area contributed by atoms with E-state index >= 15 is 0 Å². The molecule has 0 amide bonds. The van der Waals surface area contributed by atoms with Crippen LogP contribution >= 0.6 is 0 Å². The molecular weight excluding hydrogens is 294 g/mol. The molecule has 1 aromatic carbocycles. The normalized spacial score (nSPS) is 11.1. The van der Waals surface area contributed by atoms with Crippen molar-refractivity contribution < 1.29 is 13.3 Å². The Bertz CT molecular complexity index is 803. The van der Waals surface area contributed by atoms with Crippen molar-refractivity contribution in [2.75, 3.05) is 4.72 Å². The van der Waals surface area contributed by atoms with Crippen molar-refractivity contribution in [3.63, 3.8) is 0 Å². The monoisotopic (exact) mass is 307 g/mol. The minimum Gasteiger partial charge on any atom is -0.278 e. The summed E-state index contributed by atoms with van der Waals surface area (Å²) in [5, 5.41) is 10.8. The van der Waals surface area contributed by atoms with Gasteiger partial charge in [-0.05, 0) is 37.6 Å². The lowest BCUT2D eigenvalue weighted by atomic mass is 10.2. The largest absolute Gasteiger partial charge is 0.278 e. The number of benzene rings is 1. The van der Waals surface area contributed by atoms with Gasteiger partial charge in [0.2, 0.25) is 0 Å². The molecule has 1 N–H and O–H groups in total. The molecule has 8 heteroatoms. The van der Waals surface area contributed by atoms with Crippen LogP contribution in [0.2, 0.25) is 0 Å². The summed E-state index contributed by atoms with van der Waals surface area (Å²) in [5.41, 5.74) is 1.26. The molecule has 0 fully saturated rings. The molecule has 2 rings (SSSR count). The van der Waals surface area contributed by atoms with Gasteiger partial charge < -0.3 is 0 Å². The summed E-state index contributed by atoms with van der Waals surface area (Å²) in [6.45, 7) is 3.24. The number of pyridine rings is 1. The first kappa shape index (κ1) is 14.9. The maximum atomic E-state index is 12.3. The van der Waals surface area contributed by atoms with Crippen LogP contribution in [0.3, 0.4) is 0 Å². The third-order valence-corrected chi connectivity index (χ3v) is 4.32. The third-order valence-electron chi connectivity index (χ3n) is 2.96. The van der Waals surface area contributed by atoms with Gasteiger partial charge in [-0.2, -0.15) is 0 Å². The highest BCUT2D eigenvalue weighted by molar-refractivity contribution is 7.92. The van der Waals surface area contributed by atoms with Crippen molar-refractivity contribution in [1.29, 1.82) is 0 Å². The van der Waals surface area contributed by atoms with Gasteiger partial charge in [0.25, 0.3) is 15.7 Å². The molecule has 0 aliphatic rings. The molecule has 21 heavy (non-hydrogen) atoms. The first-order valence-electron chi connectivity index (χ1n) is 6.00. The van der Waals surface area contributed by atoms with Crippen LogP contribution in [0, 0.1) is 24.0 Å². The van der Waals surface area contributed by atoms with Crippen molar-refractivity contribution in [2.45, 2.75) is 18.7 Å². The van der Waals surface area contributed by atoms with E-state index in [1.807, 2.05) is 0 Å². The number of aryl methyl sites for hydroxylation is 2. The van der Waals surface area contributed by atoms with Crippen molar-refractivity contribution >= 4 is 21.4 Å². The van der Waals surface area contributed by atoms with E-state index in [-0.39, 0.29) is 16.1 Å². The molecule has 0 bridgehead atoms. The van der Waals surface area contributed by atoms with Gasteiger partial charge in [-0.25, -0.2) is 8.42 Å². The lowest BCUT2D eigenvalue weighted by molar-refractivity contribution is -0.385. The smallest absolute Gasteiger partial charge is 0.272 e. The van der Waals surface area contributed by atoms with Crippen LogP contribution in [0.15, 0.2) is 41.6 Å². The number of nitro groups is 1. The number of nitrogens with zero attached hydrogens (tertiary/aromatic N) is 2. The molecule has 7 nitrogen and oxygen atoms in total. The summed E-state index contributed by atoms with van der Waals surface area (Å²) >= 11 is 0. The molecule has 1 heterocycles. The lowest BCUT2D eigenvalue weighted by Crippen LogP contribution is -2.14. The maximum Gasteiger partial charge on any atom is 0.272 e. The quantitative estimate of drug-likeness (QED) is 0.690. The van der Waals surface area contributed by atoms with Crippen LogP contribution in [-0.2, 0) is 10.0 Å². The molecule has 0 aliphatic heterocycles. The Hall–Kier alpha value is -2.48. The van der Waals surface area contributed by atoms with Crippen LogP contribution in [0.25, 0.3) is 0 Å². The second-order valence-corrected chi connectivity index (χ2v) is 6.18. The molecular formula is C13H13N3O4S.